The number of pyridine rings is 1. The molecule has 13 heavy (non-hydrogen) atoms. The molecule has 0 bridgehead atoms. The summed E-state index contributed by atoms with van der Waals surface area (Å²) in [6.07, 6.45) is 0. The molecule has 1 heterocycles. The number of ether oxygens (including phenoxy) is 1. The quantitative estimate of drug-likeness (QED) is 0.792. The lowest BCUT2D eigenvalue weighted by Crippen LogP contribution is -2.06. The summed E-state index contributed by atoms with van der Waals surface area (Å²) in [6.45, 7) is 4.14. The van der Waals surface area contributed by atoms with Crippen LogP contribution in [0.4, 0.5) is 0 Å². The number of hydrogen-bond donors (Lipinski definition) is 1. The Morgan fingerprint density at radius 2 is 2.08 bits per heavy atom. The topological polar surface area (TPSA) is 48.1 Å². The van der Waals surface area contributed by atoms with Crippen molar-refractivity contribution in [3.63, 3.8) is 0 Å². The first-order valence-corrected chi connectivity index (χ1v) is 4.39. The number of halogens is 1. The van der Waals surface area contributed by atoms with Gasteiger partial charge in [0.1, 0.15) is 10.8 Å². The zero-order valence-electron chi connectivity index (χ0n) is 8.02. The van der Waals surface area contributed by atoms with E-state index < -0.39 is 0 Å². The van der Waals surface area contributed by atoms with Crippen molar-refractivity contribution in [3.05, 3.63) is 22.0 Å². The summed E-state index contributed by atoms with van der Waals surface area (Å²) in [5.41, 5.74) is 8.04. The Morgan fingerprint density at radius 1 is 1.46 bits per heavy atom. The Hall–Kier alpha value is -0.800. The van der Waals surface area contributed by atoms with Gasteiger partial charge in [-0.1, -0.05) is 11.6 Å². The number of rotatable bonds is 2. The third-order valence-corrected chi connectivity index (χ3v) is 2.44. The van der Waals surface area contributed by atoms with Gasteiger partial charge in [0.2, 0.25) is 0 Å². The maximum Gasteiger partial charge on any atom is 0.144 e. The molecule has 2 N–H and O–H groups in total. The van der Waals surface area contributed by atoms with E-state index >= 15 is 0 Å². The molecule has 0 saturated heterocycles. The van der Waals surface area contributed by atoms with Crippen molar-refractivity contribution in [1.29, 1.82) is 0 Å². The van der Waals surface area contributed by atoms with Crippen molar-refractivity contribution >= 4 is 11.6 Å². The SMILES string of the molecule is COc1c(C)c(CN)nc(C)c1Cl. The Bertz CT molecular complexity index is 326. The van der Waals surface area contributed by atoms with Gasteiger partial charge in [0.05, 0.1) is 18.5 Å². The summed E-state index contributed by atoms with van der Waals surface area (Å²) >= 11 is 6.00. The van der Waals surface area contributed by atoms with E-state index in [1.165, 1.54) is 0 Å². The highest BCUT2D eigenvalue weighted by atomic mass is 35.5. The molecule has 0 spiro atoms. The van der Waals surface area contributed by atoms with Crippen LogP contribution in [0.15, 0.2) is 0 Å². The fraction of sp³-hybridized carbons (Fsp3) is 0.444. The minimum Gasteiger partial charge on any atom is -0.495 e. The highest BCUT2D eigenvalue weighted by Crippen LogP contribution is 2.31. The van der Waals surface area contributed by atoms with Crippen LogP contribution in [0.2, 0.25) is 5.02 Å². The van der Waals surface area contributed by atoms with Crippen molar-refractivity contribution in [2.75, 3.05) is 7.11 Å². The smallest absolute Gasteiger partial charge is 0.144 e. The predicted molar refractivity (Wildman–Crippen MR) is 53.2 cm³/mol. The van der Waals surface area contributed by atoms with Gasteiger partial charge >= 0.3 is 0 Å². The summed E-state index contributed by atoms with van der Waals surface area (Å²) in [5, 5.41) is 0.567. The fourth-order valence-electron chi connectivity index (χ4n) is 1.24. The van der Waals surface area contributed by atoms with E-state index in [-0.39, 0.29) is 0 Å². The maximum atomic E-state index is 6.00. The summed E-state index contributed by atoms with van der Waals surface area (Å²) in [6, 6.07) is 0. The molecule has 1 aromatic heterocycles. The van der Waals surface area contributed by atoms with Crippen molar-refractivity contribution < 1.29 is 4.74 Å². The van der Waals surface area contributed by atoms with Gasteiger partial charge < -0.3 is 10.5 Å². The molecule has 1 aromatic rings. The molecule has 72 valence electrons. The van der Waals surface area contributed by atoms with Crippen LogP contribution in [-0.4, -0.2) is 12.1 Å². The first-order chi connectivity index (χ1) is 6.11. The van der Waals surface area contributed by atoms with E-state index in [2.05, 4.69) is 4.98 Å². The van der Waals surface area contributed by atoms with Gasteiger partial charge in [0, 0.05) is 12.1 Å². The largest absolute Gasteiger partial charge is 0.495 e. The van der Waals surface area contributed by atoms with Crippen molar-refractivity contribution in [2.45, 2.75) is 20.4 Å². The van der Waals surface area contributed by atoms with Crippen LogP contribution in [0.1, 0.15) is 17.0 Å². The average molecular weight is 201 g/mol. The zero-order chi connectivity index (χ0) is 10.0. The normalized spacial score (nSPS) is 10.2. The lowest BCUT2D eigenvalue weighted by Gasteiger charge is -2.12. The maximum absolute atomic E-state index is 6.00. The van der Waals surface area contributed by atoms with Crippen LogP contribution >= 0.6 is 11.6 Å². The van der Waals surface area contributed by atoms with Gasteiger partial charge in [-0.2, -0.15) is 0 Å². The molecule has 0 aliphatic carbocycles. The van der Waals surface area contributed by atoms with E-state index in [0.29, 0.717) is 17.3 Å². The molecular weight excluding hydrogens is 188 g/mol. The highest BCUT2D eigenvalue weighted by molar-refractivity contribution is 6.32. The standard InChI is InChI=1S/C9H13ClN2O/c1-5-7(4-11)12-6(2)8(10)9(5)13-3/h4,11H2,1-3H3. The second kappa shape index (κ2) is 3.94. The summed E-state index contributed by atoms with van der Waals surface area (Å²) in [5.74, 6) is 0.676. The van der Waals surface area contributed by atoms with E-state index in [0.717, 1.165) is 17.0 Å². The van der Waals surface area contributed by atoms with Gasteiger partial charge in [0.25, 0.3) is 0 Å². The Morgan fingerprint density at radius 3 is 2.54 bits per heavy atom. The van der Waals surface area contributed by atoms with E-state index in [1.54, 1.807) is 7.11 Å². The number of methoxy groups -OCH3 is 1. The summed E-state index contributed by atoms with van der Waals surface area (Å²) < 4.78 is 5.17. The molecule has 0 amide bonds. The van der Waals surface area contributed by atoms with Gasteiger partial charge in [-0.15, -0.1) is 0 Å². The van der Waals surface area contributed by atoms with Gasteiger partial charge in [-0.25, -0.2) is 0 Å². The second-order valence-electron chi connectivity index (χ2n) is 2.82. The van der Waals surface area contributed by atoms with Crippen LogP contribution in [-0.2, 0) is 6.54 Å². The van der Waals surface area contributed by atoms with Gasteiger partial charge in [-0.3, -0.25) is 4.98 Å². The number of aromatic nitrogens is 1. The highest BCUT2D eigenvalue weighted by Gasteiger charge is 2.12. The number of hydrogen-bond acceptors (Lipinski definition) is 3. The fourth-order valence-corrected chi connectivity index (χ4v) is 1.50. The first-order valence-electron chi connectivity index (χ1n) is 4.01. The van der Waals surface area contributed by atoms with E-state index in [9.17, 15) is 0 Å². The minimum atomic E-state index is 0.403. The number of nitrogens with two attached hydrogens (primary N) is 1. The molecule has 0 fully saturated rings. The number of nitrogens with zero attached hydrogens (tertiary/aromatic N) is 1. The minimum absolute atomic E-state index is 0.403. The Kier molecular flexibility index (Phi) is 3.12. The second-order valence-corrected chi connectivity index (χ2v) is 3.20. The van der Waals surface area contributed by atoms with Crippen LogP contribution in [0.3, 0.4) is 0 Å². The third kappa shape index (κ3) is 1.76. The van der Waals surface area contributed by atoms with Gasteiger partial charge in [-0.05, 0) is 13.8 Å². The monoisotopic (exact) mass is 200 g/mol. The van der Waals surface area contributed by atoms with Crippen molar-refractivity contribution in [3.8, 4) is 5.75 Å². The van der Waals surface area contributed by atoms with E-state index in [1.807, 2.05) is 13.8 Å². The molecule has 0 atom stereocenters. The molecule has 3 nitrogen and oxygen atoms in total. The zero-order valence-corrected chi connectivity index (χ0v) is 8.77. The molecule has 0 aliphatic heterocycles. The van der Waals surface area contributed by atoms with Crippen LogP contribution in [0.25, 0.3) is 0 Å². The third-order valence-electron chi connectivity index (χ3n) is 1.99. The molecule has 0 saturated carbocycles. The summed E-state index contributed by atoms with van der Waals surface area (Å²) in [7, 11) is 1.59. The van der Waals surface area contributed by atoms with Crippen LogP contribution < -0.4 is 10.5 Å². The molecule has 0 unspecified atom stereocenters. The van der Waals surface area contributed by atoms with Crippen LogP contribution in [0, 0.1) is 13.8 Å². The van der Waals surface area contributed by atoms with Crippen molar-refractivity contribution in [1.82, 2.24) is 4.98 Å². The summed E-state index contributed by atoms with van der Waals surface area (Å²) in [4.78, 5) is 4.26. The molecule has 4 heteroatoms. The van der Waals surface area contributed by atoms with Crippen molar-refractivity contribution in [2.24, 2.45) is 5.73 Å². The molecule has 0 aromatic carbocycles. The average Bonchev–Trinajstić information content (AvgIpc) is 2.12. The van der Waals surface area contributed by atoms with E-state index in [4.69, 9.17) is 22.1 Å². The van der Waals surface area contributed by atoms with Gasteiger partial charge in [0.15, 0.2) is 0 Å². The molecular formula is C9H13ClN2O. The first kappa shape index (κ1) is 10.3. The molecule has 0 radical (unpaired) electrons. The number of aryl methyl sites for hydroxylation is 1. The van der Waals surface area contributed by atoms with Crippen LogP contribution in [0.5, 0.6) is 5.75 Å². The molecule has 0 aliphatic rings. The lowest BCUT2D eigenvalue weighted by molar-refractivity contribution is 0.410. The predicted octanol–water partition coefficient (Wildman–Crippen LogP) is 1.82. The Labute approximate surface area is 82.9 Å². The molecule has 1 rings (SSSR count). The lowest BCUT2D eigenvalue weighted by atomic mass is 10.1. The Balaban J connectivity index is 3.39.